The highest BCUT2D eigenvalue weighted by Crippen LogP contribution is 2.25. The number of hydrogen-bond acceptors (Lipinski definition) is 3. The van der Waals surface area contributed by atoms with Gasteiger partial charge in [0.05, 0.1) is 16.6 Å². The number of halogens is 1. The van der Waals surface area contributed by atoms with Crippen LogP contribution in [0.1, 0.15) is 28.4 Å². The molecule has 1 aliphatic rings. The first kappa shape index (κ1) is 14.0. The predicted molar refractivity (Wildman–Crippen MR) is 77.7 cm³/mol. The number of alkyl halides is 1. The molecule has 1 fully saturated rings. The van der Waals surface area contributed by atoms with Crippen molar-refractivity contribution in [3.63, 3.8) is 0 Å². The van der Waals surface area contributed by atoms with E-state index in [-0.39, 0.29) is 17.6 Å². The maximum absolute atomic E-state index is 12.4. The average Bonchev–Trinajstić information content (AvgIpc) is 2.72. The molecule has 1 unspecified atom stereocenters. The number of hydrogen-bond donors (Lipinski definition) is 0. The van der Waals surface area contributed by atoms with Crippen LogP contribution in [0.4, 0.5) is 0 Å². The van der Waals surface area contributed by atoms with Gasteiger partial charge in [0.25, 0.3) is 5.91 Å². The van der Waals surface area contributed by atoms with Crippen molar-refractivity contribution in [2.45, 2.75) is 32.5 Å². The average molecular weight is 332 g/mol. The van der Waals surface area contributed by atoms with Gasteiger partial charge in [-0.1, -0.05) is 15.9 Å². The Balaban J connectivity index is 2.14. The molecule has 100 valence electrons. The van der Waals surface area contributed by atoms with Gasteiger partial charge in [-0.3, -0.25) is 4.79 Å². The Hall–Kier alpha value is -0.390. The topological polar surface area (TPSA) is 29.5 Å². The fraction of sp³-hybridized carbons (Fsp3) is 0.615. The normalized spacial score (nSPS) is 23.1. The van der Waals surface area contributed by atoms with Crippen LogP contribution < -0.4 is 0 Å². The Bertz CT molecular complexity index is 444. The fourth-order valence-corrected chi connectivity index (χ4v) is 3.41. The van der Waals surface area contributed by atoms with E-state index in [0.717, 1.165) is 10.2 Å². The van der Waals surface area contributed by atoms with Gasteiger partial charge in [0, 0.05) is 23.3 Å². The van der Waals surface area contributed by atoms with Gasteiger partial charge >= 0.3 is 0 Å². The van der Waals surface area contributed by atoms with E-state index in [4.69, 9.17) is 4.74 Å². The highest BCUT2D eigenvalue weighted by molar-refractivity contribution is 9.09. The summed E-state index contributed by atoms with van der Waals surface area (Å²) in [4.78, 5) is 16.3. The van der Waals surface area contributed by atoms with Crippen molar-refractivity contribution in [1.82, 2.24) is 4.90 Å². The highest BCUT2D eigenvalue weighted by Gasteiger charge is 2.35. The summed E-state index contributed by atoms with van der Waals surface area (Å²) in [6.45, 7) is 7.38. The summed E-state index contributed by atoms with van der Waals surface area (Å²) in [6.07, 6.45) is 0.0683. The lowest BCUT2D eigenvalue weighted by Crippen LogP contribution is -2.55. The SMILES string of the molecule is Cc1ccc(C(=O)N2CC(CBr)OC(C)(C)C2)s1. The third kappa shape index (κ3) is 3.13. The first-order chi connectivity index (χ1) is 8.41. The molecule has 2 heterocycles. The Morgan fingerprint density at radius 3 is 2.89 bits per heavy atom. The number of morpholine rings is 1. The zero-order chi connectivity index (χ0) is 13.3. The molecule has 1 atom stereocenters. The van der Waals surface area contributed by atoms with Crippen LogP contribution in [0.2, 0.25) is 0 Å². The minimum atomic E-state index is -0.279. The summed E-state index contributed by atoms with van der Waals surface area (Å²) in [5.41, 5.74) is -0.279. The number of nitrogens with zero attached hydrogens (tertiary/aromatic N) is 1. The molecule has 18 heavy (non-hydrogen) atoms. The van der Waals surface area contributed by atoms with Crippen LogP contribution in [0.5, 0.6) is 0 Å². The molecule has 1 aromatic heterocycles. The minimum Gasteiger partial charge on any atom is -0.368 e. The van der Waals surface area contributed by atoms with Crippen molar-refractivity contribution < 1.29 is 9.53 Å². The van der Waals surface area contributed by atoms with E-state index in [9.17, 15) is 4.79 Å². The standard InChI is InChI=1S/C13H18BrNO2S/c1-9-4-5-11(18-9)12(16)15-7-10(6-14)17-13(2,3)8-15/h4-5,10H,6-8H2,1-3H3. The molecule has 0 spiro atoms. The molecule has 5 heteroatoms. The second-order valence-corrected chi connectivity index (χ2v) is 7.19. The molecule has 1 amide bonds. The van der Waals surface area contributed by atoms with E-state index < -0.39 is 0 Å². The van der Waals surface area contributed by atoms with Gasteiger partial charge in [0.15, 0.2) is 0 Å². The van der Waals surface area contributed by atoms with Gasteiger partial charge in [-0.25, -0.2) is 0 Å². The molecule has 1 aromatic rings. The maximum atomic E-state index is 12.4. The largest absolute Gasteiger partial charge is 0.368 e. The Morgan fingerprint density at radius 1 is 1.61 bits per heavy atom. The summed E-state index contributed by atoms with van der Waals surface area (Å²) in [7, 11) is 0. The van der Waals surface area contributed by atoms with E-state index in [1.807, 2.05) is 37.8 Å². The number of ether oxygens (including phenoxy) is 1. The molecular weight excluding hydrogens is 314 g/mol. The van der Waals surface area contributed by atoms with Gasteiger partial charge in [0.1, 0.15) is 0 Å². The van der Waals surface area contributed by atoms with Crippen LogP contribution in [-0.4, -0.2) is 40.9 Å². The first-order valence-corrected chi connectivity index (χ1v) is 7.94. The van der Waals surface area contributed by atoms with Gasteiger partial charge in [-0.15, -0.1) is 11.3 Å². The third-order valence-electron chi connectivity index (χ3n) is 2.89. The zero-order valence-electron chi connectivity index (χ0n) is 10.9. The van der Waals surface area contributed by atoms with Crippen molar-refractivity contribution >= 4 is 33.2 Å². The lowest BCUT2D eigenvalue weighted by Gasteiger charge is -2.42. The molecule has 0 aromatic carbocycles. The second kappa shape index (κ2) is 5.31. The number of carbonyl (C=O) groups is 1. The summed E-state index contributed by atoms with van der Waals surface area (Å²) in [5.74, 6) is 0.121. The van der Waals surface area contributed by atoms with Crippen molar-refractivity contribution in [1.29, 1.82) is 0 Å². The van der Waals surface area contributed by atoms with Gasteiger partial charge < -0.3 is 9.64 Å². The Kier molecular flexibility index (Phi) is 4.14. The summed E-state index contributed by atoms with van der Waals surface area (Å²) >= 11 is 4.99. The summed E-state index contributed by atoms with van der Waals surface area (Å²) < 4.78 is 5.91. The lowest BCUT2D eigenvalue weighted by atomic mass is 10.1. The molecule has 0 aliphatic carbocycles. The van der Waals surface area contributed by atoms with E-state index >= 15 is 0 Å². The maximum Gasteiger partial charge on any atom is 0.264 e. The summed E-state index contributed by atoms with van der Waals surface area (Å²) in [6, 6.07) is 3.90. The van der Waals surface area contributed by atoms with Gasteiger partial charge in [-0.05, 0) is 32.9 Å². The highest BCUT2D eigenvalue weighted by atomic mass is 79.9. The monoisotopic (exact) mass is 331 g/mol. The van der Waals surface area contributed by atoms with Crippen LogP contribution in [0.25, 0.3) is 0 Å². The molecule has 0 radical (unpaired) electrons. The Labute approximate surface area is 120 Å². The molecule has 0 saturated carbocycles. The molecule has 3 nitrogen and oxygen atoms in total. The molecule has 0 bridgehead atoms. The number of rotatable bonds is 2. The van der Waals surface area contributed by atoms with Crippen molar-refractivity contribution in [3.05, 3.63) is 21.9 Å². The predicted octanol–water partition coefficient (Wildman–Crippen LogP) is 3.07. The smallest absolute Gasteiger partial charge is 0.264 e. The molecule has 1 saturated heterocycles. The number of aryl methyl sites for hydroxylation is 1. The summed E-state index contributed by atoms with van der Waals surface area (Å²) in [5, 5.41) is 0.754. The van der Waals surface area contributed by atoms with Crippen molar-refractivity contribution in [3.8, 4) is 0 Å². The number of thiophene rings is 1. The van der Waals surface area contributed by atoms with Crippen LogP contribution in [0, 0.1) is 6.92 Å². The van der Waals surface area contributed by atoms with Crippen LogP contribution in [0.3, 0.4) is 0 Å². The zero-order valence-corrected chi connectivity index (χ0v) is 13.3. The van der Waals surface area contributed by atoms with E-state index in [0.29, 0.717) is 13.1 Å². The first-order valence-electron chi connectivity index (χ1n) is 6.01. The number of amides is 1. The van der Waals surface area contributed by atoms with Crippen LogP contribution in [-0.2, 0) is 4.74 Å². The molecule has 2 rings (SSSR count). The molecule has 0 N–H and O–H groups in total. The minimum absolute atomic E-state index is 0.0683. The van der Waals surface area contributed by atoms with Gasteiger partial charge in [-0.2, -0.15) is 0 Å². The van der Waals surface area contributed by atoms with Crippen LogP contribution >= 0.6 is 27.3 Å². The van der Waals surface area contributed by atoms with Gasteiger partial charge in [0.2, 0.25) is 0 Å². The Morgan fingerprint density at radius 2 is 2.33 bits per heavy atom. The quantitative estimate of drug-likeness (QED) is 0.779. The van der Waals surface area contributed by atoms with E-state index in [2.05, 4.69) is 15.9 Å². The molecular formula is C13H18BrNO2S. The lowest BCUT2D eigenvalue weighted by molar-refractivity contribution is -0.116. The van der Waals surface area contributed by atoms with Crippen molar-refractivity contribution in [2.24, 2.45) is 0 Å². The van der Waals surface area contributed by atoms with E-state index in [1.165, 1.54) is 4.88 Å². The van der Waals surface area contributed by atoms with Crippen molar-refractivity contribution in [2.75, 3.05) is 18.4 Å². The molecule has 1 aliphatic heterocycles. The number of carbonyl (C=O) groups excluding carboxylic acids is 1. The van der Waals surface area contributed by atoms with E-state index in [1.54, 1.807) is 11.3 Å². The fourth-order valence-electron chi connectivity index (χ4n) is 2.24. The third-order valence-corrected chi connectivity index (χ3v) is 4.60. The van der Waals surface area contributed by atoms with Crippen LogP contribution in [0.15, 0.2) is 12.1 Å². The second-order valence-electron chi connectivity index (χ2n) is 5.25.